The van der Waals surface area contributed by atoms with Gasteiger partial charge in [-0.15, -0.1) is 0 Å². The molecule has 0 amide bonds. The summed E-state index contributed by atoms with van der Waals surface area (Å²) >= 11 is 0. The van der Waals surface area contributed by atoms with Crippen LogP contribution in [0.15, 0.2) is 40.2 Å². The average Bonchev–Trinajstić information content (AvgIpc) is 2.91. The molecule has 0 aliphatic heterocycles. The monoisotopic (exact) mass is 340 g/mol. The Kier molecular flexibility index (Phi) is 5.98. The molecule has 23 heavy (non-hydrogen) atoms. The predicted molar refractivity (Wildman–Crippen MR) is 83.5 cm³/mol. The van der Waals surface area contributed by atoms with E-state index in [4.69, 9.17) is 4.74 Å². The van der Waals surface area contributed by atoms with Gasteiger partial charge in [0.15, 0.2) is 11.2 Å². The van der Waals surface area contributed by atoms with Crippen LogP contribution in [0.4, 0.5) is 0 Å². The van der Waals surface area contributed by atoms with Gasteiger partial charge in [-0.05, 0) is 24.6 Å². The third-order valence-corrected chi connectivity index (χ3v) is 3.58. The Morgan fingerprint density at radius 3 is 2.57 bits per heavy atom. The van der Waals surface area contributed by atoms with Gasteiger partial charge < -0.3 is 10.7 Å². The average molecular weight is 340 g/mol. The van der Waals surface area contributed by atoms with Gasteiger partial charge in [-0.2, -0.15) is 0 Å². The van der Waals surface area contributed by atoms with E-state index in [1.165, 1.54) is 0 Å². The van der Waals surface area contributed by atoms with Crippen molar-refractivity contribution in [2.45, 2.75) is 20.0 Å². The number of imidazole rings is 1. The van der Waals surface area contributed by atoms with Crippen LogP contribution in [0.25, 0.3) is 11.2 Å². The summed E-state index contributed by atoms with van der Waals surface area (Å²) in [6, 6.07) is 7.57. The zero-order chi connectivity index (χ0) is 15.7. The van der Waals surface area contributed by atoms with Crippen LogP contribution in [0.1, 0.15) is 13.9 Å². The molecule has 0 saturated heterocycles. The molecule has 116 valence electrons. The molecular weight excluding hydrogens is 323 g/mol. The van der Waals surface area contributed by atoms with Crippen LogP contribution in [0.3, 0.4) is 0 Å². The van der Waals surface area contributed by atoms with E-state index in [0.717, 1.165) is 15.9 Å². The Hall–Kier alpha value is -1.19. The van der Waals surface area contributed by atoms with Crippen LogP contribution in [0.2, 0.25) is 0 Å². The number of H-pyrrole nitrogens is 1. The Morgan fingerprint density at radius 2 is 1.96 bits per heavy atom. The smallest absolute Gasteiger partial charge is 1.00 e. The Bertz CT molecular complexity index is 931. The van der Waals surface area contributed by atoms with Gasteiger partial charge in [0.05, 0.1) is 13.4 Å². The fourth-order valence-corrected chi connectivity index (χ4v) is 2.42. The van der Waals surface area contributed by atoms with Crippen LogP contribution in [0, 0.1) is 0 Å². The minimum Gasteiger partial charge on any atom is -1.00 e. The van der Waals surface area contributed by atoms with Gasteiger partial charge in [-0.1, -0.05) is 12.1 Å². The fourth-order valence-electron chi connectivity index (χ4n) is 2.42. The number of nitrogens with one attached hydrogen (secondary N) is 1. The van der Waals surface area contributed by atoms with E-state index < -0.39 is 5.69 Å². The second-order valence-electron chi connectivity index (χ2n) is 4.90. The third-order valence-electron chi connectivity index (χ3n) is 3.58. The van der Waals surface area contributed by atoms with E-state index in [-0.39, 0.29) is 58.4 Å². The first-order chi connectivity index (χ1) is 10.6. The zero-order valence-electron chi connectivity index (χ0n) is 14.4. The van der Waals surface area contributed by atoms with Crippen molar-refractivity contribution in [3.63, 3.8) is 0 Å². The van der Waals surface area contributed by atoms with Crippen LogP contribution >= 0.6 is 0 Å². The van der Waals surface area contributed by atoms with Crippen molar-refractivity contribution >= 4 is 11.2 Å². The molecule has 0 fully saturated rings. The molecule has 0 bridgehead atoms. The second kappa shape index (κ2) is 7.58. The van der Waals surface area contributed by atoms with E-state index in [1.54, 1.807) is 24.9 Å². The standard InChI is InChI=1S/C15H16N4O3.K.H/c1-3-19-14(20)12-13(17-15(19)21)16-9-18(12)8-10-4-6-11(22-2)7-5-10;;/h4-7,9H,3,8H2,1-2H3,(H,17,21);;/q;+1;-1. The molecule has 2 heterocycles. The first-order valence-electron chi connectivity index (χ1n) is 6.95. The van der Waals surface area contributed by atoms with Crippen LogP contribution < -0.4 is 67.4 Å². The van der Waals surface area contributed by atoms with Crippen LogP contribution in [-0.4, -0.2) is 26.2 Å². The normalized spacial score (nSPS) is 10.5. The number of hydrogen-bond donors (Lipinski definition) is 1. The number of nitrogens with zero attached hydrogens (tertiary/aromatic N) is 3. The second-order valence-corrected chi connectivity index (χ2v) is 4.90. The number of hydrogen-bond acceptors (Lipinski definition) is 4. The maximum atomic E-state index is 12.4. The third kappa shape index (κ3) is 3.51. The number of fused-ring (bicyclic) bond motifs is 1. The summed E-state index contributed by atoms with van der Waals surface area (Å²) in [5, 5.41) is 0. The number of ether oxygens (including phenoxy) is 1. The van der Waals surface area contributed by atoms with E-state index >= 15 is 0 Å². The minimum atomic E-state index is -0.435. The van der Waals surface area contributed by atoms with Gasteiger partial charge in [0.1, 0.15) is 5.75 Å². The van der Waals surface area contributed by atoms with Crippen molar-refractivity contribution in [2.24, 2.45) is 0 Å². The first kappa shape index (κ1) is 18.1. The summed E-state index contributed by atoms with van der Waals surface area (Å²) in [4.78, 5) is 30.9. The number of methoxy groups -OCH3 is 1. The van der Waals surface area contributed by atoms with Crippen molar-refractivity contribution in [3.05, 3.63) is 57.0 Å². The maximum absolute atomic E-state index is 12.4. The van der Waals surface area contributed by atoms with Crippen LogP contribution in [-0.2, 0) is 13.1 Å². The number of aromatic amines is 1. The number of benzene rings is 1. The Balaban J connectivity index is 0.00000144. The summed E-state index contributed by atoms with van der Waals surface area (Å²) in [6.45, 7) is 2.57. The van der Waals surface area contributed by atoms with E-state index in [1.807, 2.05) is 24.3 Å². The largest absolute Gasteiger partial charge is 1.00 e. The number of rotatable bonds is 4. The molecule has 1 aromatic carbocycles. The number of aromatic nitrogens is 4. The molecule has 8 heteroatoms. The van der Waals surface area contributed by atoms with Crippen molar-refractivity contribution in [1.29, 1.82) is 0 Å². The zero-order valence-corrected chi connectivity index (χ0v) is 16.5. The van der Waals surface area contributed by atoms with Gasteiger partial charge in [-0.25, -0.2) is 9.78 Å². The molecule has 0 saturated carbocycles. The maximum Gasteiger partial charge on any atom is 1.00 e. The van der Waals surface area contributed by atoms with Crippen molar-refractivity contribution in [2.75, 3.05) is 7.11 Å². The van der Waals surface area contributed by atoms with Crippen molar-refractivity contribution in [3.8, 4) is 5.75 Å². The van der Waals surface area contributed by atoms with Gasteiger partial charge in [-0.3, -0.25) is 14.3 Å². The predicted octanol–water partition coefficient (Wildman–Crippen LogP) is -1.92. The quantitative estimate of drug-likeness (QED) is 0.562. The Morgan fingerprint density at radius 1 is 1.26 bits per heavy atom. The fraction of sp³-hybridized carbons (Fsp3) is 0.267. The first-order valence-corrected chi connectivity index (χ1v) is 6.95. The summed E-state index contributed by atoms with van der Waals surface area (Å²) in [6.07, 6.45) is 1.56. The Labute approximate surface area is 176 Å². The molecule has 2 aromatic heterocycles. The molecule has 3 aromatic rings. The topological polar surface area (TPSA) is 81.9 Å². The van der Waals surface area contributed by atoms with E-state index in [2.05, 4.69) is 9.97 Å². The molecule has 1 N–H and O–H groups in total. The van der Waals surface area contributed by atoms with Crippen LogP contribution in [0.5, 0.6) is 5.75 Å². The van der Waals surface area contributed by atoms with Gasteiger partial charge >= 0.3 is 57.1 Å². The summed E-state index contributed by atoms with van der Waals surface area (Å²) in [7, 11) is 1.61. The van der Waals surface area contributed by atoms with E-state index in [9.17, 15) is 9.59 Å². The molecule has 0 aliphatic rings. The molecule has 0 spiro atoms. The van der Waals surface area contributed by atoms with Gasteiger partial charge in [0.2, 0.25) is 0 Å². The summed E-state index contributed by atoms with van der Waals surface area (Å²) in [5.74, 6) is 0.775. The molecule has 0 unspecified atom stereocenters. The van der Waals surface area contributed by atoms with Gasteiger partial charge in [0.25, 0.3) is 5.56 Å². The molecule has 0 radical (unpaired) electrons. The summed E-state index contributed by atoms with van der Waals surface area (Å²) < 4.78 is 8.02. The molecular formula is C15H17KN4O3. The minimum absolute atomic E-state index is 0. The van der Waals surface area contributed by atoms with Gasteiger partial charge in [0, 0.05) is 13.1 Å². The summed E-state index contributed by atoms with van der Waals surface area (Å²) in [5.41, 5.74) is 0.959. The van der Waals surface area contributed by atoms with Crippen molar-refractivity contribution < 1.29 is 57.5 Å². The molecule has 7 nitrogen and oxygen atoms in total. The van der Waals surface area contributed by atoms with E-state index in [0.29, 0.717) is 24.3 Å². The molecule has 3 rings (SSSR count). The molecule has 0 atom stereocenters. The molecule has 0 aliphatic carbocycles. The van der Waals surface area contributed by atoms with Crippen molar-refractivity contribution in [1.82, 2.24) is 19.1 Å². The SMILES string of the molecule is CCn1c(=O)[nH]c2ncn(Cc3ccc(OC)cc3)c2c1=O.[H-].[K+].